The Labute approximate surface area is 77.2 Å². The molecule has 0 spiro atoms. The molecule has 0 aliphatic carbocycles. The van der Waals surface area contributed by atoms with E-state index in [9.17, 15) is 10.2 Å². The SMILES string of the molecule is CCN1CCc2cc(O)c([O])cc21. The van der Waals surface area contributed by atoms with E-state index >= 15 is 0 Å². The van der Waals surface area contributed by atoms with E-state index in [-0.39, 0.29) is 11.5 Å². The summed E-state index contributed by atoms with van der Waals surface area (Å²) >= 11 is 0. The first kappa shape index (κ1) is 8.23. The predicted octanol–water partition coefficient (Wildman–Crippen LogP) is 1.92. The van der Waals surface area contributed by atoms with Crippen LogP contribution >= 0.6 is 0 Å². The van der Waals surface area contributed by atoms with Gasteiger partial charge in [0.05, 0.1) is 0 Å². The molecule has 1 aliphatic heterocycles. The lowest BCUT2D eigenvalue weighted by molar-refractivity contribution is 0.325. The Morgan fingerprint density at radius 1 is 1.54 bits per heavy atom. The van der Waals surface area contributed by atoms with Gasteiger partial charge in [0.25, 0.3) is 0 Å². The van der Waals surface area contributed by atoms with Crippen LogP contribution in [-0.2, 0) is 11.5 Å². The molecule has 1 heterocycles. The number of likely N-dealkylation sites (N-methyl/N-ethyl adjacent to an activating group) is 1. The van der Waals surface area contributed by atoms with Crippen molar-refractivity contribution in [1.82, 2.24) is 0 Å². The minimum absolute atomic E-state index is 0.128. The van der Waals surface area contributed by atoms with Crippen molar-refractivity contribution in [3.63, 3.8) is 0 Å². The Balaban J connectivity index is 2.47. The van der Waals surface area contributed by atoms with Crippen molar-refractivity contribution in [2.75, 3.05) is 18.0 Å². The van der Waals surface area contributed by atoms with E-state index < -0.39 is 0 Å². The molecule has 1 aliphatic rings. The predicted molar refractivity (Wildman–Crippen MR) is 49.8 cm³/mol. The average Bonchev–Trinajstić information content (AvgIpc) is 2.48. The summed E-state index contributed by atoms with van der Waals surface area (Å²) in [4.78, 5) is 2.15. The summed E-state index contributed by atoms with van der Waals surface area (Å²) in [6, 6.07) is 3.12. The lowest BCUT2D eigenvalue weighted by atomic mass is 10.1. The van der Waals surface area contributed by atoms with Gasteiger partial charge < -0.3 is 10.0 Å². The smallest absolute Gasteiger partial charge is 0.222 e. The lowest BCUT2D eigenvalue weighted by Gasteiger charge is -2.16. The van der Waals surface area contributed by atoms with Crippen molar-refractivity contribution >= 4 is 5.69 Å². The standard InChI is InChI=1S/C10H12NO2/c1-2-11-4-3-7-5-9(12)10(13)6-8(7)11/h5-6,12H,2-4H2,1H3. The quantitative estimate of drug-likeness (QED) is 0.713. The number of phenolic OH excluding ortho intramolecular Hbond substituents is 1. The van der Waals surface area contributed by atoms with Gasteiger partial charge >= 0.3 is 0 Å². The van der Waals surface area contributed by atoms with Crippen LogP contribution in [0, 0.1) is 0 Å². The second-order valence-corrected chi connectivity index (χ2v) is 3.28. The van der Waals surface area contributed by atoms with Crippen LogP contribution in [0.25, 0.3) is 0 Å². The second kappa shape index (κ2) is 2.83. The molecule has 0 amide bonds. The first-order valence-electron chi connectivity index (χ1n) is 4.50. The van der Waals surface area contributed by atoms with Gasteiger partial charge in [-0.1, -0.05) is 0 Å². The molecule has 13 heavy (non-hydrogen) atoms. The molecular formula is C10H12NO2. The molecular weight excluding hydrogens is 166 g/mol. The van der Waals surface area contributed by atoms with Crippen molar-refractivity contribution in [1.29, 1.82) is 0 Å². The van der Waals surface area contributed by atoms with Gasteiger partial charge in [0.15, 0.2) is 5.75 Å². The molecule has 3 nitrogen and oxygen atoms in total. The number of rotatable bonds is 1. The molecule has 3 heteroatoms. The van der Waals surface area contributed by atoms with E-state index in [1.807, 2.05) is 0 Å². The molecule has 1 aromatic carbocycles. The molecule has 0 saturated heterocycles. The average molecular weight is 178 g/mol. The van der Waals surface area contributed by atoms with Gasteiger partial charge in [0, 0.05) is 24.8 Å². The molecule has 1 N–H and O–H groups in total. The van der Waals surface area contributed by atoms with Crippen molar-refractivity contribution in [2.45, 2.75) is 13.3 Å². The third kappa shape index (κ3) is 1.20. The largest absolute Gasteiger partial charge is 0.504 e. The minimum Gasteiger partial charge on any atom is -0.504 e. The minimum atomic E-state index is -0.279. The van der Waals surface area contributed by atoms with Crippen LogP contribution in [0.5, 0.6) is 11.5 Å². The van der Waals surface area contributed by atoms with E-state index in [1.165, 1.54) is 6.07 Å². The lowest BCUT2D eigenvalue weighted by Crippen LogP contribution is -2.18. The van der Waals surface area contributed by atoms with E-state index in [0.29, 0.717) is 0 Å². The van der Waals surface area contributed by atoms with Crippen molar-refractivity contribution < 1.29 is 10.2 Å². The van der Waals surface area contributed by atoms with E-state index in [4.69, 9.17) is 0 Å². The van der Waals surface area contributed by atoms with Gasteiger partial charge in [0.1, 0.15) is 0 Å². The summed E-state index contributed by atoms with van der Waals surface area (Å²) in [5, 5.41) is 20.4. The Hall–Kier alpha value is -1.38. The third-order valence-corrected chi connectivity index (χ3v) is 2.53. The summed E-state index contributed by atoms with van der Waals surface area (Å²) in [7, 11) is 0. The summed E-state index contributed by atoms with van der Waals surface area (Å²) in [5.41, 5.74) is 2.07. The van der Waals surface area contributed by atoms with Gasteiger partial charge in [-0.3, -0.25) is 5.11 Å². The van der Waals surface area contributed by atoms with Crippen LogP contribution in [0.1, 0.15) is 12.5 Å². The molecule has 0 aromatic heterocycles. The van der Waals surface area contributed by atoms with Gasteiger partial charge in [-0.15, -0.1) is 0 Å². The maximum atomic E-state index is 11.2. The Kier molecular flexibility index (Phi) is 1.79. The summed E-state index contributed by atoms with van der Waals surface area (Å²) in [6.07, 6.45) is 0.928. The molecule has 2 rings (SSSR count). The topological polar surface area (TPSA) is 43.4 Å². The monoisotopic (exact) mass is 178 g/mol. The fourth-order valence-electron chi connectivity index (χ4n) is 1.80. The zero-order valence-corrected chi connectivity index (χ0v) is 7.58. The number of phenols is 1. The molecule has 0 atom stereocenters. The number of anilines is 1. The summed E-state index contributed by atoms with van der Waals surface area (Å²) < 4.78 is 0. The summed E-state index contributed by atoms with van der Waals surface area (Å²) in [5.74, 6) is -0.407. The molecule has 0 bridgehead atoms. The number of aromatic hydroxyl groups is 1. The van der Waals surface area contributed by atoms with Crippen LogP contribution in [0.2, 0.25) is 0 Å². The van der Waals surface area contributed by atoms with Crippen LogP contribution in [0.4, 0.5) is 5.69 Å². The number of hydrogen-bond acceptors (Lipinski definition) is 2. The number of nitrogens with zero attached hydrogens (tertiary/aromatic N) is 1. The highest BCUT2D eigenvalue weighted by molar-refractivity contribution is 5.64. The zero-order chi connectivity index (χ0) is 9.42. The van der Waals surface area contributed by atoms with E-state index in [2.05, 4.69) is 11.8 Å². The fraction of sp³-hybridized carbons (Fsp3) is 0.400. The highest BCUT2D eigenvalue weighted by Gasteiger charge is 2.20. The zero-order valence-electron chi connectivity index (χ0n) is 7.58. The first-order chi connectivity index (χ1) is 6.22. The van der Waals surface area contributed by atoms with Crippen LogP contribution in [-0.4, -0.2) is 18.2 Å². The normalized spacial score (nSPS) is 14.7. The van der Waals surface area contributed by atoms with Gasteiger partial charge in [-0.05, 0) is 25.0 Å². The maximum absolute atomic E-state index is 11.2. The van der Waals surface area contributed by atoms with Gasteiger partial charge in [0.2, 0.25) is 5.75 Å². The Bertz CT molecular complexity index is 336. The van der Waals surface area contributed by atoms with Crippen molar-refractivity contribution in [3.8, 4) is 11.5 Å². The highest BCUT2D eigenvalue weighted by atomic mass is 16.3. The Morgan fingerprint density at radius 2 is 2.31 bits per heavy atom. The molecule has 0 unspecified atom stereocenters. The molecule has 0 fully saturated rings. The molecule has 0 saturated carbocycles. The van der Waals surface area contributed by atoms with Crippen LogP contribution in [0.15, 0.2) is 12.1 Å². The van der Waals surface area contributed by atoms with Gasteiger partial charge in [-0.2, -0.15) is 0 Å². The number of benzene rings is 1. The van der Waals surface area contributed by atoms with Crippen molar-refractivity contribution in [2.24, 2.45) is 0 Å². The second-order valence-electron chi connectivity index (χ2n) is 3.28. The van der Waals surface area contributed by atoms with Crippen LogP contribution in [0.3, 0.4) is 0 Å². The van der Waals surface area contributed by atoms with Crippen molar-refractivity contribution in [3.05, 3.63) is 17.7 Å². The molecule has 1 radical (unpaired) electrons. The van der Waals surface area contributed by atoms with E-state index in [1.54, 1.807) is 6.07 Å². The molecule has 69 valence electrons. The number of fused-ring (bicyclic) bond motifs is 1. The third-order valence-electron chi connectivity index (χ3n) is 2.53. The summed E-state index contributed by atoms with van der Waals surface area (Å²) in [6.45, 7) is 3.93. The van der Waals surface area contributed by atoms with E-state index in [0.717, 1.165) is 30.8 Å². The molecule has 1 aromatic rings. The number of hydrogen-bond donors (Lipinski definition) is 1. The first-order valence-corrected chi connectivity index (χ1v) is 4.50. The highest BCUT2D eigenvalue weighted by Crippen LogP contribution is 2.37. The maximum Gasteiger partial charge on any atom is 0.222 e. The Morgan fingerprint density at radius 3 is 3.00 bits per heavy atom. The van der Waals surface area contributed by atoms with Crippen LogP contribution < -0.4 is 4.90 Å². The fourth-order valence-corrected chi connectivity index (χ4v) is 1.80. The van der Waals surface area contributed by atoms with Gasteiger partial charge in [-0.25, -0.2) is 0 Å².